The fourth-order valence-electron chi connectivity index (χ4n) is 5.86. The number of carbonyl (C=O) groups is 1. The molecule has 37 heavy (non-hydrogen) atoms. The van der Waals surface area contributed by atoms with Crippen LogP contribution < -0.4 is 5.56 Å². The van der Waals surface area contributed by atoms with Crippen molar-refractivity contribution in [3.63, 3.8) is 0 Å². The van der Waals surface area contributed by atoms with Gasteiger partial charge in [-0.25, -0.2) is 14.8 Å². The first-order chi connectivity index (χ1) is 17.5. The second-order valence-corrected chi connectivity index (χ2v) is 11.2. The highest BCUT2D eigenvalue weighted by Gasteiger charge is 2.48. The Hall–Kier alpha value is -3.95. The highest BCUT2D eigenvalue weighted by molar-refractivity contribution is 5.90. The average Bonchev–Trinajstić information content (AvgIpc) is 3.54. The minimum atomic E-state index is -0.536. The number of pyridine rings is 1. The minimum Gasteiger partial charge on any atom is -0.507 e. The molecule has 2 aliphatic rings. The zero-order valence-corrected chi connectivity index (χ0v) is 21.6. The van der Waals surface area contributed by atoms with E-state index in [4.69, 9.17) is 4.74 Å². The number of amides is 1. The predicted molar refractivity (Wildman–Crippen MR) is 138 cm³/mol. The van der Waals surface area contributed by atoms with Gasteiger partial charge in [0.25, 0.3) is 5.56 Å². The number of carbonyl (C=O) groups excluding carboxylic acids is 1. The van der Waals surface area contributed by atoms with Crippen molar-refractivity contribution >= 4 is 27.9 Å². The smallest absolute Gasteiger partial charge is 0.410 e. The molecule has 0 radical (unpaired) electrons. The molecule has 192 valence electrons. The van der Waals surface area contributed by atoms with Gasteiger partial charge in [0.1, 0.15) is 11.4 Å². The topological polar surface area (TPSA) is 115 Å². The van der Waals surface area contributed by atoms with Gasteiger partial charge in [-0.3, -0.25) is 9.48 Å². The van der Waals surface area contributed by atoms with Crippen LogP contribution >= 0.6 is 0 Å². The van der Waals surface area contributed by atoms with Crippen molar-refractivity contribution in [1.82, 2.24) is 29.2 Å². The molecule has 10 nitrogen and oxygen atoms in total. The third kappa shape index (κ3) is 3.82. The number of likely N-dealkylation sites (tertiary alicyclic amines) is 1. The Morgan fingerprint density at radius 2 is 2.03 bits per heavy atom. The highest BCUT2D eigenvalue weighted by Crippen LogP contribution is 2.45. The molecule has 10 heteroatoms. The van der Waals surface area contributed by atoms with Crippen LogP contribution in [0, 0.1) is 12.8 Å². The molecular weight excluding hydrogens is 472 g/mol. The Kier molecular flexibility index (Phi) is 5.09. The van der Waals surface area contributed by atoms with E-state index in [1.807, 2.05) is 53.1 Å². The third-order valence-electron chi connectivity index (χ3n) is 7.53. The van der Waals surface area contributed by atoms with Crippen molar-refractivity contribution in [3.05, 3.63) is 46.6 Å². The van der Waals surface area contributed by atoms with Gasteiger partial charge in [-0.15, -0.1) is 0 Å². The predicted octanol–water partition coefficient (Wildman–Crippen LogP) is 3.93. The zero-order chi connectivity index (χ0) is 26.2. The Labute approximate surface area is 213 Å². The van der Waals surface area contributed by atoms with Gasteiger partial charge in [-0.05, 0) is 58.6 Å². The number of hydrogen-bond donors (Lipinski definition) is 1. The first-order valence-corrected chi connectivity index (χ1v) is 12.5. The number of fused-ring (bicyclic) bond motifs is 4. The van der Waals surface area contributed by atoms with E-state index in [9.17, 15) is 14.7 Å². The summed E-state index contributed by atoms with van der Waals surface area (Å²) in [5.74, 6) is 0.623. The second-order valence-electron chi connectivity index (χ2n) is 11.2. The number of rotatable bonds is 2. The van der Waals surface area contributed by atoms with Gasteiger partial charge in [0, 0.05) is 55.2 Å². The molecule has 1 saturated carbocycles. The maximum absolute atomic E-state index is 13.5. The fraction of sp³-hybridized carbons (Fsp3) is 0.444. The van der Waals surface area contributed by atoms with Crippen LogP contribution in [0.2, 0.25) is 0 Å². The molecule has 4 aromatic rings. The molecule has 1 saturated heterocycles. The Morgan fingerprint density at radius 3 is 2.73 bits per heavy atom. The van der Waals surface area contributed by atoms with E-state index < -0.39 is 5.60 Å². The Balaban J connectivity index is 1.30. The number of benzene rings is 1. The van der Waals surface area contributed by atoms with Crippen LogP contribution in [-0.4, -0.2) is 58.6 Å². The summed E-state index contributed by atoms with van der Waals surface area (Å²) in [6.07, 6.45) is 6.50. The molecule has 4 heterocycles. The van der Waals surface area contributed by atoms with Gasteiger partial charge < -0.3 is 19.3 Å². The summed E-state index contributed by atoms with van der Waals surface area (Å²) in [5.41, 5.74) is 1.72. The molecule has 0 unspecified atom stereocenters. The molecule has 3 aromatic heterocycles. The van der Waals surface area contributed by atoms with Crippen molar-refractivity contribution in [2.75, 3.05) is 6.54 Å². The number of aromatic nitrogens is 5. The SMILES string of the molecule is Cc1c(O)c(-c2ncc3c(=O)n([C@@H]4C[C@@H]5C[C@H]4CN5C(=O)OC(C)(C)C)ccc3n2)cc2cn(C)nc12. The Morgan fingerprint density at radius 1 is 1.24 bits per heavy atom. The summed E-state index contributed by atoms with van der Waals surface area (Å²) in [4.78, 5) is 36.9. The van der Waals surface area contributed by atoms with E-state index >= 15 is 0 Å². The van der Waals surface area contributed by atoms with Crippen LogP contribution in [0.1, 0.15) is 45.2 Å². The van der Waals surface area contributed by atoms with Gasteiger partial charge in [-0.1, -0.05) is 0 Å². The summed E-state index contributed by atoms with van der Waals surface area (Å²) in [5, 5.41) is 16.5. The normalized spacial score (nSPS) is 21.3. The van der Waals surface area contributed by atoms with Crippen molar-refractivity contribution in [2.24, 2.45) is 13.0 Å². The quantitative estimate of drug-likeness (QED) is 0.442. The highest BCUT2D eigenvalue weighted by atomic mass is 16.6. The molecule has 2 fully saturated rings. The maximum atomic E-state index is 13.5. The van der Waals surface area contributed by atoms with Crippen molar-refractivity contribution in [1.29, 1.82) is 0 Å². The van der Waals surface area contributed by atoms with Gasteiger partial charge in [-0.2, -0.15) is 5.10 Å². The molecule has 1 N–H and O–H groups in total. The largest absolute Gasteiger partial charge is 0.507 e. The van der Waals surface area contributed by atoms with Crippen LogP contribution in [0.3, 0.4) is 0 Å². The molecule has 1 aliphatic carbocycles. The Bertz CT molecular complexity index is 1630. The van der Waals surface area contributed by atoms with E-state index in [1.165, 1.54) is 0 Å². The number of aryl methyl sites for hydroxylation is 2. The molecule has 2 bridgehead atoms. The van der Waals surface area contributed by atoms with Gasteiger partial charge >= 0.3 is 6.09 Å². The maximum Gasteiger partial charge on any atom is 0.410 e. The van der Waals surface area contributed by atoms with Gasteiger partial charge in [0.05, 0.1) is 22.0 Å². The lowest BCUT2D eigenvalue weighted by atomic mass is 10.0. The molecular formula is C27H30N6O4. The van der Waals surface area contributed by atoms with Crippen molar-refractivity contribution < 1.29 is 14.6 Å². The first kappa shape index (κ1) is 23.4. The monoisotopic (exact) mass is 502 g/mol. The van der Waals surface area contributed by atoms with Crippen LogP contribution in [0.5, 0.6) is 5.75 Å². The zero-order valence-electron chi connectivity index (χ0n) is 21.6. The molecule has 1 aromatic carbocycles. The molecule has 0 spiro atoms. The lowest BCUT2D eigenvalue weighted by molar-refractivity contribution is 0.0165. The van der Waals surface area contributed by atoms with Crippen molar-refractivity contribution in [2.45, 2.75) is 58.2 Å². The van der Waals surface area contributed by atoms with E-state index in [2.05, 4.69) is 15.1 Å². The summed E-state index contributed by atoms with van der Waals surface area (Å²) < 4.78 is 9.04. The molecule has 6 rings (SSSR count). The molecule has 3 atom stereocenters. The summed E-state index contributed by atoms with van der Waals surface area (Å²) in [7, 11) is 1.83. The number of aromatic hydroxyl groups is 1. The van der Waals surface area contributed by atoms with E-state index in [0.29, 0.717) is 40.8 Å². The summed E-state index contributed by atoms with van der Waals surface area (Å²) >= 11 is 0. The number of hydrogen-bond acceptors (Lipinski definition) is 7. The third-order valence-corrected chi connectivity index (χ3v) is 7.53. The van der Waals surface area contributed by atoms with Crippen LogP contribution in [0.4, 0.5) is 4.79 Å². The minimum absolute atomic E-state index is 0.0138. The van der Waals surface area contributed by atoms with Crippen LogP contribution in [0.15, 0.2) is 35.5 Å². The summed E-state index contributed by atoms with van der Waals surface area (Å²) in [6.45, 7) is 7.99. The second kappa shape index (κ2) is 8.03. The first-order valence-electron chi connectivity index (χ1n) is 12.5. The number of phenolic OH excluding ortho intramolecular Hbond substituents is 1. The van der Waals surface area contributed by atoms with Gasteiger partial charge in [0.2, 0.25) is 0 Å². The molecule has 1 aliphatic heterocycles. The van der Waals surface area contributed by atoms with E-state index in [0.717, 1.165) is 17.3 Å². The van der Waals surface area contributed by atoms with Crippen LogP contribution in [0.25, 0.3) is 33.2 Å². The number of piperidine rings is 1. The lowest BCUT2D eigenvalue weighted by Crippen LogP contribution is -2.44. The summed E-state index contributed by atoms with van der Waals surface area (Å²) in [6, 6.07) is 3.73. The fourth-order valence-corrected chi connectivity index (χ4v) is 5.86. The molecule has 1 amide bonds. The van der Waals surface area contributed by atoms with E-state index in [1.54, 1.807) is 26.5 Å². The number of nitrogens with zero attached hydrogens (tertiary/aromatic N) is 6. The number of phenols is 1. The lowest BCUT2D eigenvalue weighted by Gasteiger charge is -2.33. The standard InChI is InChI=1S/C27H30N6O4/c1-14-22-16(12-31(5)30-22)9-18(23(14)34)24-28-11-19-20(29-24)6-7-32(25(19)35)21-10-17-8-15(21)13-33(17)26(36)37-27(2,3)4/h6-7,9,11-12,15,17,21,34H,8,10,13H2,1-5H3/t15-,17-,21+/m0/s1. The van der Waals surface area contributed by atoms with Crippen molar-refractivity contribution in [3.8, 4) is 17.1 Å². The van der Waals surface area contributed by atoms with Crippen LogP contribution in [-0.2, 0) is 11.8 Å². The average molecular weight is 503 g/mol. The van der Waals surface area contributed by atoms with Gasteiger partial charge in [0.15, 0.2) is 5.82 Å². The van der Waals surface area contributed by atoms with E-state index in [-0.39, 0.29) is 35.4 Å². The number of ether oxygens (including phenoxy) is 1.